The molecule has 0 aliphatic heterocycles. The maximum Gasteiger partial charge on any atom is 0.246 e. The normalized spacial score (nSPS) is 9.89. The van der Waals surface area contributed by atoms with Gasteiger partial charge in [-0.1, -0.05) is 11.6 Å². The molecule has 1 amide bonds. The van der Waals surface area contributed by atoms with Gasteiger partial charge >= 0.3 is 0 Å². The van der Waals surface area contributed by atoms with Crippen molar-refractivity contribution in [3.8, 4) is 6.07 Å². The van der Waals surface area contributed by atoms with E-state index >= 15 is 0 Å². The highest BCUT2D eigenvalue weighted by atomic mass is 35.5. The lowest BCUT2D eigenvalue weighted by atomic mass is 10.2. The molecular formula is C12H10ClN5O. The Balaban J connectivity index is 2.09. The first-order chi connectivity index (χ1) is 9.08. The summed E-state index contributed by atoms with van der Waals surface area (Å²) in [6.45, 7) is 0.0182. The minimum Gasteiger partial charge on any atom is -0.396 e. The quantitative estimate of drug-likeness (QED) is 0.889. The van der Waals surface area contributed by atoms with Gasteiger partial charge in [0.25, 0.3) is 0 Å². The van der Waals surface area contributed by atoms with Crippen LogP contribution in [0, 0.1) is 11.3 Å². The summed E-state index contributed by atoms with van der Waals surface area (Å²) in [6.07, 6.45) is 3.00. The Morgan fingerprint density at radius 1 is 1.58 bits per heavy atom. The molecule has 1 aromatic carbocycles. The SMILES string of the molecule is N#Cc1ccc(Cl)c(NC(=O)Cn2cc(N)cn2)c1. The molecule has 0 saturated heterocycles. The van der Waals surface area contributed by atoms with E-state index in [0.29, 0.717) is 22.0 Å². The molecule has 0 radical (unpaired) electrons. The van der Waals surface area contributed by atoms with Crippen LogP contribution in [0.2, 0.25) is 5.02 Å². The lowest BCUT2D eigenvalue weighted by Crippen LogP contribution is -2.19. The number of hydrogen-bond acceptors (Lipinski definition) is 4. The monoisotopic (exact) mass is 275 g/mol. The summed E-state index contributed by atoms with van der Waals surface area (Å²) in [5.74, 6) is -0.305. The Kier molecular flexibility index (Phi) is 3.68. The predicted molar refractivity (Wildman–Crippen MR) is 71.4 cm³/mol. The van der Waals surface area contributed by atoms with Crippen molar-refractivity contribution in [3.05, 3.63) is 41.2 Å². The Labute approximate surface area is 114 Å². The first-order valence-corrected chi connectivity index (χ1v) is 5.73. The number of hydrogen-bond donors (Lipinski definition) is 2. The zero-order valence-electron chi connectivity index (χ0n) is 9.80. The van der Waals surface area contributed by atoms with Crippen LogP contribution in [0.25, 0.3) is 0 Å². The average molecular weight is 276 g/mol. The molecule has 0 atom stereocenters. The van der Waals surface area contributed by atoms with E-state index < -0.39 is 0 Å². The third kappa shape index (κ3) is 3.24. The third-order valence-corrected chi connectivity index (χ3v) is 2.66. The molecule has 1 heterocycles. The zero-order valence-corrected chi connectivity index (χ0v) is 10.6. The standard InChI is InChI=1S/C12H10ClN5O/c13-10-2-1-8(4-14)3-11(10)17-12(19)7-18-6-9(15)5-16-18/h1-3,5-6H,7,15H2,(H,17,19). The third-order valence-electron chi connectivity index (χ3n) is 2.33. The van der Waals surface area contributed by atoms with Gasteiger partial charge < -0.3 is 11.1 Å². The Morgan fingerprint density at radius 2 is 2.37 bits per heavy atom. The number of aromatic nitrogens is 2. The smallest absolute Gasteiger partial charge is 0.246 e. The highest BCUT2D eigenvalue weighted by Gasteiger charge is 2.08. The first kappa shape index (κ1) is 12.9. The number of halogens is 1. The van der Waals surface area contributed by atoms with Gasteiger partial charge in [-0.05, 0) is 18.2 Å². The topological polar surface area (TPSA) is 96.7 Å². The van der Waals surface area contributed by atoms with Crippen molar-refractivity contribution in [2.75, 3.05) is 11.1 Å². The number of rotatable bonds is 3. The minimum absolute atomic E-state index is 0.0182. The van der Waals surface area contributed by atoms with Gasteiger partial charge in [0.1, 0.15) is 6.54 Å². The molecule has 2 rings (SSSR count). The highest BCUT2D eigenvalue weighted by molar-refractivity contribution is 6.33. The van der Waals surface area contributed by atoms with Crippen LogP contribution in [0.3, 0.4) is 0 Å². The van der Waals surface area contributed by atoms with Crippen LogP contribution in [0.1, 0.15) is 5.56 Å². The van der Waals surface area contributed by atoms with Crippen molar-refractivity contribution >= 4 is 28.9 Å². The minimum atomic E-state index is -0.305. The van der Waals surface area contributed by atoms with E-state index in [9.17, 15) is 4.79 Å². The van der Waals surface area contributed by atoms with E-state index in [4.69, 9.17) is 22.6 Å². The average Bonchev–Trinajstić information content (AvgIpc) is 2.77. The summed E-state index contributed by atoms with van der Waals surface area (Å²) in [5.41, 5.74) is 6.79. The molecule has 7 heteroatoms. The zero-order chi connectivity index (χ0) is 13.8. The lowest BCUT2D eigenvalue weighted by Gasteiger charge is -2.07. The molecular weight excluding hydrogens is 266 g/mol. The molecule has 2 aromatic rings. The van der Waals surface area contributed by atoms with Crippen molar-refractivity contribution < 1.29 is 4.79 Å². The number of benzene rings is 1. The van der Waals surface area contributed by atoms with Crippen molar-refractivity contribution in [2.24, 2.45) is 0 Å². The molecule has 0 aliphatic rings. The fraction of sp³-hybridized carbons (Fsp3) is 0.0833. The molecule has 0 fully saturated rings. The van der Waals surface area contributed by atoms with Crippen molar-refractivity contribution in [1.82, 2.24) is 9.78 Å². The molecule has 96 valence electrons. The Bertz CT molecular complexity index is 658. The second-order valence-electron chi connectivity index (χ2n) is 3.83. The van der Waals surface area contributed by atoms with E-state index in [1.54, 1.807) is 18.3 Å². The number of nitrogen functional groups attached to an aromatic ring is 1. The van der Waals surface area contributed by atoms with Crippen molar-refractivity contribution in [3.63, 3.8) is 0 Å². The molecule has 0 bridgehead atoms. The van der Waals surface area contributed by atoms with Crippen LogP contribution in [0.15, 0.2) is 30.6 Å². The van der Waals surface area contributed by atoms with Crippen LogP contribution in [0.5, 0.6) is 0 Å². The molecule has 0 unspecified atom stereocenters. The van der Waals surface area contributed by atoms with Gasteiger partial charge in [-0.25, -0.2) is 0 Å². The number of nitriles is 1. The molecule has 19 heavy (non-hydrogen) atoms. The fourth-order valence-corrected chi connectivity index (χ4v) is 1.66. The van der Waals surface area contributed by atoms with Gasteiger partial charge in [0, 0.05) is 6.20 Å². The van der Waals surface area contributed by atoms with Crippen LogP contribution in [0.4, 0.5) is 11.4 Å². The lowest BCUT2D eigenvalue weighted by molar-refractivity contribution is -0.116. The van der Waals surface area contributed by atoms with Gasteiger partial charge in [-0.3, -0.25) is 9.48 Å². The van der Waals surface area contributed by atoms with Gasteiger partial charge in [0.15, 0.2) is 0 Å². The number of carbonyl (C=O) groups is 1. The van der Waals surface area contributed by atoms with Crippen molar-refractivity contribution in [2.45, 2.75) is 6.54 Å². The number of anilines is 2. The van der Waals surface area contributed by atoms with E-state index in [0.717, 1.165) is 0 Å². The maximum absolute atomic E-state index is 11.8. The fourth-order valence-electron chi connectivity index (χ4n) is 1.49. The van der Waals surface area contributed by atoms with Crippen LogP contribution in [-0.2, 0) is 11.3 Å². The van der Waals surface area contributed by atoms with E-state index in [2.05, 4.69) is 10.4 Å². The van der Waals surface area contributed by atoms with Crippen molar-refractivity contribution in [1.29, 1.82) is 5.26 Å². The van der Waals surface area contributed by atoms with E-state index in [1.165, 1.54) is 16.9 Å². The predicted octanol–water partition coefficient (Wildman–Crippen LogP) is 1.63. The molecule has 0 saturated carbocycles. The molecule has 6 nitrogen and oxygen atoms in total. The summed E-state index contributed by atoms with van der Waals surface area (Å²) in [4.78, 5) is 11.8. The van der Waals surface area contributed by atoms with E-state index in [-0.39, 0.29) is 12.5 Å². The van der Waals surface area contributed by atoms with Gasteiger partial charge in [0.2, 0.25) is 5.91 Å². The maximum atomic E-state index is 11.8. The second kappa shape index (κ2) is 5.42. The molecule has 3 N–H and O–H groups in total. The van der Waals surface area contributed by atoms with Crippen LogP contribution >= 0.6 is 11.6 Å². The summed E-state index contributed by atoms with van der Waals surface area (Å²) < 4.78 is 1.41. The van der Waals surface area contributed by atoms with Gasteiger partial charge in [-0.15, -0.1) is 0 Å². The van der Waals surface area contributed by atoms with Crippen LogP contribution in [-0.4, -0.2) is 15.7 Å². The largest absolute Gasteiger partial charge is 0.396 e. The number of nitrogens with zero attached hydrogens (tertiary/aromatic N) is 3. The number of amides is 1. The summed E-state index contributed by atoms with van der Waals surface area (Å²) >= 11 is 5.94. The van der Waals surface area contributed by atoms with Gasteiger partial charge in [-0.2, -0.15) is 10.4 Å². The number of nitrogens with one attached hydrogen (secondary N) is 1. The van der Waals surface area contributed by atoms with Gasteiger partial charge in [0.05, 0.1) is 34.2 Å². The Hall–Kier alpha value is -2.52. The number of carbonyl (C=O) groups excluding carboxylic acids is 1. The molecule has 1 aromatic heterocycles. The van der Waals surface area contributed by atoms with E-state index in [1.807, 2.05) is 6.07 Å². The first-order valence-electron chi connectivity index (χ1n) is 5.36. The summed E-state index contributed by atoms with van der Waals surface area (Å²) in [5, 5.41) is 15.7. The summed E-state index contributed by atoms with van der Waals surface area (Å²) in [6, 6.07) is 6.62. The number of nitrogens with two attached hydrogens (primary N) is 1. The van der Waals surface area contributed by atoms with Crippen LogP contribution < -0.4 is 11.1 Å². The second-order valence-corrected chi connectivity index (χ2v) is 4.23. The summed E-state index contributed by atoms with van der Waals surface area (Å²) in [7, 11) is 0. The molecule has 0 spiro atoms. The highest BCUT2D eigenvalue weighted by Crippen LogP contribution is 2.22. The Morgan fingerprint density at radius 3 is 3.00 bits per heavy atom. The molecule has 0 aliphatic carbocycles.